The number of fused-ring (bicyclic) bond motifs is 1. The van der Waals surface area contributed by atoms with Crippen LogP contribution in [0, 0.1) is 11.6 Å². The molecule has 0 aliphatic rings. The topological polar surface area (TPSA) is 103 Å². The second-order valence-corrected chi connectivity index (χ2v) is 5.12. The van der Waals surface area contributed by atoms with Crippen molar-refractivity contribution >= 4 is 28.6 Å². The third kappa shape index (κ3) is 2.82. The monoisotopic (exact) mass is 340 g/mol. The molecule has 0 atom stereocenters. The van der Waals surface area contributed by atoms with Crippen LogP contribution < -0.4 is 11.1 Å². The molecule has 2 aromatic carbocycles. The summed E-state index contributed by atoms with van der Waals surface area (Å²) in [4.78, 5) is 8.16. The van der Waals surface area contributed by atoms with Crippen LogP contribution in [-0.2, 0) is 0 Å². The summed E-state index contributed by atoms with van der Waals surface area (Å²) < 4.78 is 32.1. The van der Waals surface area contributed by atoms with Gasteiger partial charge in [0.05, 0.1) is 11.0 Å². The molecule has 2 heterocycles. The van der Waals surface area contributed by atoms with Gasteiger partial charge in [0.1, 0.15) is 0 Å². The average molecular weight is 340 g/mol. The van der Waals surface area contributed by atoms with Crippen molar-refractivity contribution < 1.29 is 13.2 Å². The molecule has 9 heteroatoms. The van der Waals surface area contributed by atoms with Crippen LogP contribution in [0.3, 0.4) is 0 Å². The summed E-state index contributed by atoms with van der Waals surface area (Å²) in [5.74, 6) is -2.08. The van der Waals surface area contributed by atoms with Crippen molar-refractivity contribution in [2.45, 2.75) is 0 Å². The van der Waals surface area contributed by atoms with Gasteiger partial charge in [-0.3, -0.25) is 0 Å². The number of hydrogen-bond acceptors (Lipinski definition) is 7. The van der Waals surface area contributed by atoms with Gasteiger partial charge in [0, 0.05) is 17.8 Å². The molecule has 25 heavy (non-hydrogen) atoms. The largest absolute Gasteiger partial charge is 0.401 e. The zero-order chi connectivity index (χ0) is 17.4. The number of benzene rings is 2. The second-order valence-electron chi connectivity index (χ2n) is 5.12. The molecule has 7 nitrogen and oxygen atoms in total. The molecule has 0 radical (unpaired) electrons. The Hall–Kier alpha value is -3.62. The van der Waals surface area contributed by atoms with Crippen LogP contribution in [0.15, 0.2) is 46.9 Å². The van der Waals surface area contributed by atoms with E-state index in [0.717, 1.165) is 17.8 Å². The van der Waals surface area contributed by atoms with E-state index in [1.807, 2.05) is 30.3 Å². The predicted molar refractivity (Wildman–Crippen MR) is 86.9 cm³/mol. The Morgan fingerprint density at radius 1 is 0.920 bits per heavy atom. The van der Waals surface area contributed by atoms with E-state index >= 15 is 0 Å². The van der Waals surface area contributed by atoms with E-state index in [1.54, 1.807) is 0 Å². The number of anilines is 3. The lowest BCUT2D eigenvalue weighted by molar-refractivity contribution is 0.510. The van der Waals surface area contributed by atoms with Gasteiger partial charge in [-0.2, -0.15) is 0 Å². The number of rotatable bonds is 3. The molecule has 0 aliphatic heterocycles. The van der Waals surface area contributed by atoms with Gasteiger partial charge in [0.2, 0.25) is 0 Å². The summed E-state index contributed by atoms with van der Waals surface area (Å²) in [5.41, 5.74) is 6.93. The molecule has 0 amide bonds. The van der Waals surface area contributed by atoms with Crippen molar-refractivity contribution in [1.29, 1.82) is 0 Å². The minimum atomic E-state index is -1.03. The Labute approximate surface area is 139 Å². The third-order valence-corrected chi connectivity index (χ3v) is 3.39. The fraction of sp³-hybridized carbons (Fsp3) is 0. The SMILES string of the molecule is Nc1nc2cc(F)c(F)cc2nc1-c1nnc(Nc2ccccc2)o1. The van der Waals surface area contributed by atoms with E-state index in [2.05, 4.69) is 25.5 Å². The second kappa shape index (κ2) is 5.78. The first-order valence-electron chi connectivity index (χ1n) is 7.18. The van der Waals surface area contributed by atoms with Crippen molar-refractivity contribution in [3.63, 3.8) is 0 Å². The highest BCUT2D eigenvalue weighted by Gasteiger charge is 2.17. The zero-order valence-electron chi connectivity index (χ0n) is 12.6. The van der Waals surface area contributed by atoms with Crippen molar-refractivity contribution in [2.24, 2.45) is 0 Å². The maximum absolute atomic E-state index is 13.4. The summed E-state index contributed by atoms with van der Waals surface area (Å²) in [5, 5.41) is 10.6. The van der Waals surface area contributed by atoms with Gasteiger partial charge in [0.15, 0.2) is 23.1 Å². The zero-order valence-corrected chi connectivity index (χ0v) is 12.6. The van der Waals surface area contributed by atoms with E-state index < -0.39 is 11.6 Å². The van der Waals surface area contributed by atoms with E-state index in [0.29, 0.717) is 0 Å². The number of para-hydroxylation sites is 1. The summed E-state index contributed by atoms with van der Waals surface area (Å²) in [6.45, 7) is 0. The van der Waals surface area contributed by atoms with Gasteiger partial charge >= 0.3 is 6.01 Å². The Morgan fingerprint density at radius 3 is 2.32 bits per heavy atom. The smallest absolute Gasteiger partial charge is 0.320 e. The quantitative estimate of drug-likeness (QED) is 0.590. The molecular weight excluding hydrogens is 330 g/mol. The van der Waals surface area contributed by atoms with Gasteiger partial charge in [0.25, 0.3) is 5.89 Å². The standard InChI is InChI=1S/C16H10F2N6O/c17-9-6-11-12(7-10(9)18)22-14(19)13(21-11)15-23-24-16(25-15)20-8-4-2-1-3-5-8/h1-7H,(H2,19,22)(H,20,24). The van der Waals surface area contributed by atoms with Gasteiger partial charge in [-0.05, 0) is 12.1 Å². The number of hydrogen-bond donors (Lipinski definition) is 2. The van der Waals surface area contributed by atoms with Crippen molar-refractivity contribution in [3.8, 4) is 11.6 Å². The summed E-state index contributed by atoms with van der Waals surface area (Å²) >= 11 is 0. The molecule has 0 saturated heterocycles. The van der Waals surface area contributed by atoms with Crippen LogP contribution in [0.5, 0.6) is 0 Å². The van der Waals surface area contributed by atoms with Crippen LogP contribution in [0.2, 0.25) is 0 Å². The number of halogens is 2. The Bertz CT molecular complexity index is 1070. The first kappa shape index (κ1) is 14.9. The van der Waals surface area contributed by atoms with E-state index in [-0.39, 0.29) is 34.5 Å². The average Bonchev–Trinajstić information content (AvgIpc) is 3.05. The van der Waals surface area contributed by atoms with Crippen molar-refractivity contribution in [3.05, 3.63) is 54.1 Å². The Balaban J connectivity index is 1.72. The van der Waals surface area contributed by atoms with E-state index in [4.69, 9.17) is 10.2 Å². The number of nitrogens with one attached hydrogen (secondary N) is 1. The van der Waals surface area contributed by atoms with Crippen LogP contribution in [0.4, 0.5) is 26.3 Å². The highest BCUT2D eigenvalue weighted by atomic mass is 19.2. The normalized spacial score (nSPS) is 11.0. The lowest BCUT2D eigenvalue weighted by Gasteiger charge is -2.03. The van der Waals surface area contributed by atoms with Crippen molar-refractivity contribution in [2.75, 3.05) is 11.1 Å². The molecule has 4 rings (SSSR count). The number of aromatic nitrogens is 4. The highest BCUT2D eigenvalue weighted by molar-refractivity contribution is 5.80. The van der Waals surface area contributed by atoms with Gasteiger partial charge in [-0.25, -0.2) is 18.7 Å². The first-order valence-corrected chi connectivity index (χ1v) is 7.18. The molecule has 0 saturated carbocycles. The van der Waals surface area contributed by atoms with Crippen molar-refractivity contribution in [1.82, 2.24) is 20.2 Å². The van der Waals surface area contributed by atoms with E-state index in [1.165, 1.54) is 0 Å². The molecule has 4 aromatic rings. The summed E-state index contributed by atoms with van der Waals surface area (Å²) in [6, 6.07) is 11.2. The molecule has 0 unspecified atom stereocenters. The molecule has 0 spiro atoms. The minimum Gasteiger partial charge on any atom is -0.401 e. The maximum Gasteiger partial charge on any atom is 0.320 e. The van der Waals surface area contributed by atoms with Crippen LogP contribution in [-0.4, -0.2) is 20.2 Å². The number of nitrogens with zero attached hydrogens (tertiary/aromatic N) is 4. The number of nitrogens with two attached hydrogens (primary N) is 1. The maximum atomic E-state index is 13.4. The minimum absolute atomic E-state index is 0.00932. The summed E-state index contributed by atoms with van der Waals surface area (Å²) in [6.07, 6.45) is 0. The Kier molecular flexibility index (Phi) is 3.46. The van der Waals surface area contributed by atoms with Crippen LogP contribution in [0.25, 0.3) is 22.6 Å². The highest BCUT2D eigenvalue weighted by Crippen LogP contribution is 2.27. The molecule has 0 bridgehead atoms. The predicted octanol–water partition coefficient (Wildman–Crippen LogP) is 3.28. The van der Waals surface area contributed by atoms with Gasteiger partial charge in [-0.15, -0.1) is 5.10 Å². The lowest BCUT2D eigenvalue weighted by atomic mass is 10.2. The van der Waals surface area contributed by atoms with Gasteiger partial charge in [-0.1, -0.05) is 23.3 Å². The Morgan fingerprint density at radius 2 is 1.60 bits per heavy atom. The fourth-order valence-electron chi connectivity index (χ4n) is 2.24. The third-order valence-electron chi connectivity index (χ3n) is 3.39. The molecule has 0 aliphatic carbocycles. The molecule has 2 aromatic heterocycles. The van der Waals surface area contributed by atoms with Crippen LogP contribution >= 0.6 is 0 Å². The van der Waals surface area contributed by atoms with Crippen LogP contribution in [0.1, 0.15) is 0 Å². The molecule has 3 N–H and O–H groups in total. The number of nitrogen functional groups attached to an aromatic ring is 1. The fourth-order valence-corrected chi connectivity index (χ4v) is 2.24. The molecule has 0 fully saturated rings. The first-order chi connectivity index (χ1) is 12.1. The molecule has 124 valence electrons. The molecular formula is C16H10F2N6O. The summed E-state index contributed by atoms with van der Waals surface area (Å²) in [7, 11) is 0. The van der Waals surface area contributed by atoms with Gasteiger partial charge < -0.3 is 15.5 Å². The van der Waals surface area contributed by atoms with E-state index in [9.17, 15) is 8.78 Å². The lowest BCUT2D eigenvalue weighted by Crippen LogP contribution is -2.00.